The van der Waals surface area contributed by atoms with Crippen LogP contribution in [0.3, 0.4) is 0 Å². The Balaban J connectivity index is 2.84. The highest BCUT2D eigenvalue weighted by molar-refractivity contribution is 5.66. The highest BCUT2D eigenvalue weighted by atomic mass is 16.4. The zero-order valence-electron chi connectivity index (χ0n) is 6.31. The van der Waals surface area contributed by atoms with Crippen molar-refractivity contribution in [3.05, 3.63) is 6.92 Å². The smallest absolute Gasteiger partial charge is 0.303 e. The molecule has 1 N–H and O–H groups in total. The number of carboxylic acids is 1. The lowest BCUT2D eigenvalue weighted by molar-refractivity contribution is -0.137. The summed E-state index contributed by atoms with van der Waals surface area (Å²) in [7, 11) is 0. The standard InChI is InChI=1S/C8H15O2/c1-2-3-4-5-6-7-8(9)10/h1-7H2,(H,9,10)/q-1. The van der Waals surface area contributed by atoms with Gasteiger partial charge in [0.15, 0.2) is 0 Å². The summed E-state index contributed by atoms with van der Waals surface area (Å²) in [6.45, 7) is 3.70. The van der Waals surface area contributed by atoms with E-state index in [0.29, 0.717) is 6.42 Å². The van der Waals surface area contributed by atoms with Gasteiger partial charge in [-0.3, -0.25) is 4.79 Å². The average Bonchev–Trinajstić information content (AvgIpc) is 1.87. The second-order valence-corrected chi connectivity index (χ2v) is 2.41. The molecular formula is C8H15O2-. The second-order valence-electron chi connectivity index (χ2n) is 2.41. The summed E-state index contributed by atoms with van der Waals surface area (Å²) in [6.07, 6.45) is 5.37. The number of unbranched alkanes of at least 4 members (excludes halogenated alkanes) is 4. The molecule has 60 valence electrons. The fraction of sp³-hybridized carbons (Fsp3) is 0.750. The van der Waals surface area contributed by atoms with Crippen molar-refractivity contribution in [2.75, 3.05) is 0 Å². The normalized spacial score (nSPS) is 9.70. The Kier molecular flexibility index (Phi) is 6.24. The van der Waals surface area contributed by atoms with Crippen LogP contribution < -0.4 is 0 Å². The number of carbonyl (C=O) groups is 1. The summed E-state index contributed by atoms with van der Waals surface area (Å²) in [4.78, 5) is 10.0. The quantitative estimate of drug-likeness (QED) is 0.457. The second kappa shape index (κ2) is 6.59. The maximum Gasteiger partial charge on any atom is 0.303 e. The first kappa shape index (κ1) is 9.47. The highest BCUT2D eigenvalue weighted by Gasteiger charge is 1.94. The van der Waals surface area contributed by atoms with E-state index < -0.39 is 5.97 Å². The molecule has 2 heteroatoms. The Morgan fingerprint density at radius 3 is 2.30 bits per heavy atom. The number of hydrogen-bond acceptors (Lipinski definition) is 1. The van der Waals surface area contributed by atoms with E-state index in [9.17, 15) is 4.79 Å². The molecule has 0 unspecified atom stereocenters. The molecule has 0 aromatic heterocycles. The summed E-state index contributed by atoms with van der Waals surface area (Å²) < 4.78 is 0. The highest BCUT2D eigenvalue weighted by Crippen LogP contribution is 2.03. The molecule has 0 bridgehead atoms. The summed E-state index contributed by atoms with van der Waals surface area (Å²) in [5, 5.41) is 8.26. The van der Waals surface area contributed by atoms with Crippen molar-refractivity contribution in [3.8, 4) is 0 Å². The SMILES string of the molecule is [CH2-]CCCCCCC(=O)O. The van der Waals surface area contributed by atoms with Crippen molar-refractivity contribution >= 4 is 5.97 Å². The Morgan fingerprint density at radius 2 is 1.80 bits per heavy atom. The Bertz CT molecular complexity index is 89.3. The topological polar surface area (TPSA) is 37.3 Å². The zero-order chi connectivity index (χ0) is 7.82. The van der Waals surface area contributed by atoms with E-state index in [1.165, 1.54) is 0 Å². The molecule has 10 heavy (non-hydrogen) atoms. The molecular weight excluding hydrogens is 128 g/mol. The van der Waals surface area contributed by atoms with Gasteiger partial charge in [-0.1, -0.05) is 19.3 Å². The van der Waals surface area contributed by atoms with Gasteiger partial charge in [0.05, 0.1) is 0 Å². The van der Waals surface area contributed by atoms with Gasteiger partial charge in [0.25, 0.3) is 0 Å². The fourth-order valence-electron chi connectivity index (χ4n) is 0.807. The molecule has 0 saturated carbocycles. The first-order valence-corrected chi connectivity index (χ1v) is 3.78. The lowest BCUT2D eigenvalue weighted by Crippen LogP contribution is -1.93. The molecule has 0 aromatic carbocycles. The van der Waals surface area contributed by atoms with Gasteiger partial charge < -0.3 is 12.0 Å². The monoisotopic (exact) mass is 143 g/mol. The molecule has 0 aromatic rings. The van der Waals surface area contributed by atoms with Gasteiger partial charge in [-0.25, -0.2) is 0 Å². The van der Waals surface area contributed by atoms with Crippen molar-refractivity contribution in [1.29, 1.82) is 0 Å². The minimum absolute atomic E-state index is 0.317. The van der Waals surface area contributed by atoms with Gasteiger partial charge in [-0.2, -0.15) is 6.42 Å². The minimum atomic E-state index is -0.686. The first-order valence-electron chi connectivity index (χ1n) is 3.78. The molecule has 0 aliphatic heterocycles. The predicted molar refractivity (Wildman–Crippen MR) is 40.7 cm³/mol. The van der Waals surface area contributed by atoms with Crippen LogP contribution in [-0.2, 0) is 4.79 Å². The zero-order valence-corrected chi connectivity index (χ0v) is 6.31. The van der Waals surface area contributed by atoms with Crippen LogP contribution in [0.1, 0.15) is 38.5 Å². The van der Waals surface area contributed by atoms with Crippen LogP contribution in [0.15, 0.2) is 0 Å². The third-order valence-electron chi connectivity index (χ3n) is 1.39. The van der Waals surface area contributed by atoms with Gasteiger partial charge in [-0.15, -0.1) is 0 Å². The molecule has 2 nitrogen and oxygen atoms in total. The third kappa shape index (κ3) is 7.47. The van der Waals surface area contributed by atoms with Crippen LogP contribution in [0, 0.1) is 6.92 Å². The van der Waals surface area contributed by atoms with Crippen LogP contribution >= 0.6 is 0 Å². The maximum absolute atomic E-state index is 10.0. The fourth-order valence-corrected chi connectivity index (χ4v) is 0.807. The van der Waals surface area contributed by atoms with Crippen molar-refractivity contribution in [3.63, 3.8) is 0 Å². The average molecular weight is 143 g/mol. The number of hydrogen-bond donors (Lipinski definition) is 1. The van der Waals surface area contributed by atoms with Gasteiger partial charge in [0.2, 0.25) is 0 Å². The van der Waals surface area contributed by atoms with E-state index in [4.69, 9.17) is 5.11 Å². The van der Waals surface area contributed by atoms with Crippen molar-refractivity contribution in [2.45, 2.75) is 38.5 Å². The van der Waals surface area contributed by atoms with Gasteiger partial charge in [0, 0.05) is 6.42 Å². The molecule has 0 heterocycles. The Labute approximate surface area is 62.2 Å². The van der Waals surface area contributed by atoms with E-state index in [0.717, 1.165) is 32.1 Å². The van der Waals surface area contributed by atoms with Crippen LogP contribution in [0.2, 0.25) is 0 Å². The molecule has 0 saturated heterocycles. The molecule has 0 fully saturated rings. The molecule has 0 atom stereocenters. The van der Waals surface area contributed by atoms with Gasteiger partial charge >= 0.3 is 5.97 Å². The van der Waals surface area contributed by atoms with Gasteiger partial charge in [-0.05, 0) is 6.42 Å². The molecule has 0 radical (unpaired) electrons. The molecule has 0 aliphatic carbocycles. The van der Waals surface area contributed by atoms with Crippen LogP contribution in [0.5, 0.6) is 0 Å². The third-order valence-corrected chi connectivity index (χ3v) is 1.39. The van der Waals surface area contributed by atoms with Crippen LogP contribution in [0.4, 0.5) is 0 Å². The summed E-state index contributed by atoms with van der Waals surface area (Å²) in [5.74, 6) is -0.686. The molecule has 0 amide bonds. The van der Waals surface area contributed by atoms with Crippen molar-refractivity contribution in [2.24, 2.45) is 0 Å². The predicted octanol–water partition coefficient (Wildman–Crippen LogP) is 2.25. The van der Waals surface area contributed by atoms with Crippen molar-refractivity contribution < 1.29 is 9.90 Å². The number of carboxylic acid groups (broad SMARTS) is 1. The summed E-state index contributed by atoms with van der Waals surface area (Å²) in [6, 6.07) is 0. The number of aliphatic carboxylic acids is 1. The molecule has 0 aliphatic rings. The van der Waals surface area contributed by atoms with Gasteiger partial charge in [0.1, 0.15) is 0 Å². The minimum Gasteiger partial charge on any atom is -0.481 e. The summed E-state index contributed by atoms with van der Waals surface area (Å²) >= 11 is 0. The van der Waals surface area contributed by atoms with Crippen LogP contribution in [-0.4, -0.2) is 11.1 Å². The molecule has 0 spiro atoms. The van der Waals surface area contributed by atoms with E-state index in [1.807, 2.05) is 0 Å². The lowest BCUT2D eigenvalue weighted by Gasteiger charge is -1.97. The van der Waals surface area contributed by atoms with E-state index in [-0.39, 0.29) is 0 Å². The van der Waals surface area contributed by atoms with E-state index >= 15 is 0 Å². The van der Waals surface area contributed by atoms with Crippen molar-refractivity contribution in [1.82, 2.24) is 0 Å². The summed E-state index contributed by atoms with van der Waals surface area (Å²) in [5.41, 5.74) is 0. The maximum atomic E-state index is 10.0. The van der Waals surface area contributed by atoms with E-state index in [1.54, 1.807) is 0 Å². The largest absolute Gasteiger partial charge is 0.481 e. The first-order chi connectivity index (χ1) is 4.77. The Hall–Kier alpha value is -0.530. The van der Waals surface area contributed by atoms with Crippen LogP contribution in [0.25, 0.3) is 0 Å². The lowest BCUT2D eigenvalue weighted by atomic mass is 10.1. The Morgan fingerprint density at radius 1 is 1.20 bits per heavy atom. The number of rotatable bonds is 6. The molecule has 0 rings (SSSR count). The van der Waals surface area contributed by atoms with E-state index in [2.05, 4.69) is 6.92 Å².